The molecule has 0 atom stereocenters. The lowest BCUT2D eigenvalue weighted by molar-refractivity contribution is 0.0600. The highest BCUT2D eigenvalue weighted by atomic mass is 16.5. The van der Waals surface area contributed by atoms with E-state index in [4.69, 9.17) is 4.74 Å². The van der Waals surface area contributed by atoms with Gasteiger partial charge in [0.1, 0.15) is 0 Å². The fraction of sp³-hybridized carbons (Fsp3) is 0.400. The molecular formula is C20H23N5O3. The van der Waals surface area contributed by atoms with Gasteiger partial charge in [-0.05, 0) is 49.5 Å². The van der Waals surface area contributed by atoms with Crippen LogP contribution in [0.3, 0.4) is 0 Å². The van der Waals surface area contributed by atoms with E-state index in [0.29, 0.717) is 23.7 Å². The largest absolute Gasteiger partial charge is 0.465 e. The molecule has 4 rings (SSSR count). The summed E-state index contributed by atoms with van der Waals surface area (Å²) in [6.07, 6.45) is 5.64. The molecule has 146 valence electrons. The van der Waals surface area contributed by atoms with E-state index in [1.54, 1.807) is 17.6 Å². The SMILES string of the molecule is COC(=O)c1ccc(C2CCN(Cc3nnc4c(=O)n(C)ccn34)CC2)cc1. The molecule has 3 aromatic rings. The molecule has 2 aromatic heterocycles. The molecule has 0 unspecified atom stereocenters. The Morgan fingerprint density at radius 2 is 1.86 bits per heavy atom. The number of likely N-dealkylation sites (tertiary alicyclic amines) is 1. The van der Waals surface area contributed by atoms with Gasteiger partial charge in [0, 0.05) is 19.4 Å². The predicted molar refractivity (Wildman–Crippen MR) is 103 cm³/mol. The maximum absolute atomic E-state index is 12.1. The third kappa shape index (κ3) is 3.43. The monoisotopic (exact) mass is 381 g/mol. The lowest BCUT2D eigenvalue weighted by atomic mass is 9.89. The lowest BCUT2D eigenvalue weighted by Crippen LogP contribution is -2.33. The number of carbonyl (C=O) groups excluding carboxylic acids is 1. The van der Waals surface area contributed by atoms with Crippen molar-refractivity contribution < 1.29 is 9.53 Å². The number of rotatable bonds is 4. The van der Waals surface area contributed by atoms with Crippen molar-refractivity contribution in [3.05, 3.63) is 64.0 Å². The van der Waals surface area contributed by atoms with Crippen LogP contribution in [0.4, 0.5) is 0 Å². The first-order chi connectivity index (χ1) is 13.6. The third-order valence-corrected chi connectivity index (χ3v) is 5.47. The van der Waals surface area contributed by atoms with Crippen molar-refractivity contribution in [2.75, 3.05) is 20.2 Å². The van der Waals surface area contributed by atoms with Crippen LogP contribution in [-0.2, 0) is 18.3 Å². The third-order valence-electron chi connectivity index (χ3n) is 5.47. The van der Waals surface area contributed by atoms with E-state index in [2.05, 4.69) is 15.1 Å². The van der Waals surface area contributed by atoms with E-state index < -0.39 is 0 Å². The Labute approximate surface area is 162 Å². The van der Waals surface area contributed by atoms with Crippen molar-refractivity contribution in [1.82, 2.24) is 24.1 Å². The van der Waals surface area contributed by atoms with Crippen molar-refractivity contribution in [2.45, 2.75) is 25.3 Å². The normalized spacial score (nSPS) is 15.8. The number of benzene rings is 1. The van der Waals surface area contributed by atoms with Crippen LogP contribution in [0.25, 0.3) is 5.65 Å². The topological polar surface area (TPSA) is 81.7 Å². The summed E-state index contributed by atoms with van der Waals surface area (Å²) in [5.74, 6) is 0.954. The molecule has 0 spiro atoms. The van der Waals surface area contributed by atoms with Crippen LogP contribution in [0.15, 0.2) is 41.5 Å². The zero-order chi connectivity index (χ0) is 19.7. The zero-order valence-electron chi connectivity index (χ0n) is 16.0. The van der Waals surface area contributed by atoms with Gasteiger partial charge < -0.3 is 9.30 Å². The van der Waals surface area contributed by atoms with Crippen LogP contribution < -0.4 is 5.56 Å². The highest BCUT2D eigenvalue weighted by molar-refractivity contribution is 5.89. The summed E-state index contributed by atoms with van der Waals surface area (Å²) in [6, 6.07) is 7.70. The molecule has 3 heterocycles. The van der Waals surface area contributed by atoms with Gasteiger partial charge in [0.15, 0.2) is 5.82 Å². The Kier molecular flexibility index (Phi) is 4.95. The maximum atomic E-state index is 12.1. The van der Waals surface area contributed by atoms with Crippen molar-refractivity contribution in [3.8, 4) is 0 Å². The average molecular weight is 381 g/mol. The molecule has 1 aromatic carbocycles. The molecule has 0 bridgehead atoms. The number of piperidine rings is 1. The van der Waals surface area contributed by atoms with Crippen LogP contribution >= 0.6 is 0 Å². The quantitative estimate of drug-likeness (QED) is 0.639. The first-order valence-corrected chi connectivity index (χ1v) is 9.36. The Bertz CT molecular complexity index is 1050. The van der Waals surface area contributed by atoms with Crippen molar-refractivity contribution in [2.24, 2.45) is 7.05 Å². The van der Waals surface area contributed by atoms with Gasteiger partial charge in [0.05, 0.1) is 19.2 Å². The van der Waals surface area contributed by atoms with Gasteiger partial charge in [-0.2, -0.15) is 0 Å². The minimum absolute atomic E-state index is 0.143. The molecule has 0 aliphatic carbocycles. The smallest absolute Gasteiger partial charge is 0.337 e. The number of aryl methyl sites for hydroxylation is 1. The Morgan fingerprint density at radius 3 is 2.54 bits per heavy atom. The molecule has 1 saturated heterocycles. The van der Waals surface area contributed by atoms with Crippen molar-refractivity contribution in [3.63, 3.8) is 0 Å². The average Bonchev–Trinajstić information content (AvgIpc) is 3.14. The fourth-order valence-corrected chi connectivity index (χ4v) is 3.76. The molecule has 8 heteroatoms. The number of aromatic nitrogens is 4. The molecule has 0 amide bonds. The van der Waals surface area contributed by atoms with E-state index >= 15 is 0 Å². The number of esters is 1. The molecule has 0 N–H and O–H groups in total. The fourth-order valence-electron chi connectivity index (χ4n) is 3.76. The van der Waals surface area contributed by atoms with E-state index in [0.717, 1.165) is 31.8 Å². The minimum atomic E-state index is -0.309. The second kappa shape index (κ2) is 7.55. The number of hydrogen-bond donors (Lipinski definition) is 0. The van der Waals surface area contributed by atoms with Gasteiger partial charge in [-0.15, -0.1) is 10.2 Å². The molecule has 0 radical (unpaired) electrons. The summed E-state index contributed by atoms with van der Waals surface area (Å²) in [5, 5.41) is 8.27. The summed E-state index contributed by atoms with van der Waals surface area (Å²) >= 11 is 0. The van der Waals surface area contributed by atoms with Gasteiger partial charge in [-0.3, -0.25) is 14.1 Å². The highest BCUT2D eigenvalue weighted by Gasteiger charge is 2.22. The Morgan fingerprint density at radius 1 is 1.14 bits per heavy atom. The van der Waals surface area contributed by atoms with Crippen LogP contribution in [-0.4, -0.2) is 50.2 Å². The van der Waals surface area contributed by atoms with Crippen LogP contribution in [0.5, 0.6) is 0 Å². The predicted octanol–water partition coefficient (Wildman–Crippen LogP) is 1.59. The van der Waals surface area contributed by atoms with Crippen LogP contribution in [0, 0.1) is 0 Å². The molecule has 0 saturated carbocycles. The van der Waals surface area contributed by atoms with Crippen LogP contribution in [0.2, 0.25) is 0 Å². The minimum Gasteiger partial charge on any atom is -0.465 e. The molecule has 28 heavy (non-hydrogen) atoms. The number of carbonyl (C=O) groups is 1. The summed E-state index contributed by atoms with van der Waals surface area (Å²) in [5.41, 5.74) is 2.05. The van der Waals surface area contributed by atoms with E-state index in [-0.39, 0.29) is 11.5 Å². The van der Waals surface area contributed by atoms with Gasteiger partial charge in [0.2, 0.25) is 5.65 Å². The van der Waals surface area contributed by atoms with Gasteiger partial charge >= 0.3 is 5.97 Å². The first kappa shape index (κ1) is 18.4. The first-order valence-electron chi connectivity index (χ1n) is 9.36. The summed E-state index contributed by atoms with van der Waals surface area (Å²) in [7, 11) is 3.10. The standard InChI is InChI=1S/C20H23N5O3/c1-23-11-12-25-17(21-22-18(25)19(23)26)13-24-9-7-15(8-10-24)14-3-5-16(6-4-14)20(27)28-2/h3-6,11-12,15H,7-10,13H2,1-2H3. The summed E-state index contributed by atoms with van der Waals surface area (Å²) < 4.78 is 8.03. The summed E-state index contributed by atoms with van der Waals surface area (Å²) in [6.45, 7) is 2.56. The number of methoxy groups -OCH3 is 1. The molecule has 1 aliphatic rings. The number of fused-ring (bicyclic) bond motifs is 1. The second-order valence-electron chi connectivity index (χ2n) is 7.19. The second-order valence-corrected chi connectivity index (χ2v) is 7.19. The van der Waals surface area contributed by atoms with E-state index in [9.17, 15) is 9.59 Å². The van der Waals surface area contributed by atoms with E-state index in [1.807, 2.05) is 30.5 Å². The van der Waals surface area contributed by atoms with Crippen molar-refractivity contribution in [1.29, 1.82) is 0 Å². The number of hydrogen-bond acceptors (Lipinski definition) is 6. The van der Waals surface area contributed by atoms with E-state index in [1.165, 1.54) is 17.2 Å². The lowest BCUT2D eigenvalue weighted by Gasteiger charge is -2.31. The number of ether oxygens (including phenoxy) is 1. The number of nitrogens with zero attached hydrogens (tertiary/aromatic N) is 5. The maximum Gasteiger partial charge on any atom is 0.337 e. The molecular weight excluding hydrogens is 358 g/mol. The molecule has 1 aliphatic heterocycles. The summed E-state index contributed by atoms with van der Waals surface area (Å²) in [4.78, 5) is 26.0. The van der Waals surface area contributed by atoms with Gasteiger partial charge in [-0.1, -0.05) is 12.1 Å². The molecule has 8 nitrogen and oxygen atoms in total. The van der Waals surface area contributed by atoms with Gasteiger partial charge in [-0.25, -0.2) is 4.79 Å². The zero-order valence-corrected chi connectivity index (χ0v) is 16.0. The van der Waals surface area contributed by atoms with Gasteiger partial charge in [0.25, 0.3) is 5.56 Å². The van der Waals surface area contributed by atoms with Crippen LogP contribution in [0.1, 0.15) is 40.5 Å². The Hall–Kier alpha value is -3.00. The highest BCUT2D eigenvalue weighted by Crippen LogP contribution is 2.28. The van der Waals surface area contributed by atoms with Crippen molar-refractivity contribution >= 4 is 11.6 Å². The Balaban J connectivity index is 1.40. The molecule has 1 fully saturated rings.